The van der Waals surface area contributed by atoms with E-state index in [2.05, 4.69) is 27.7 Å². The van der Waals surface area contributed by atoms with Crippen LogP contribution >= 0.6 is 15.6 Å². The summed E-state index contributed by atoms with van der Waals surface area (Å²) < 4.78 is 62.6. The first-order valence-corrected chi connectivity index (χ1v) is 18.9. The summed E-state index contributed by atoms with van der Waals surface area (Å²) in [6, 6.07) is 0. The van der Waals surface area contributed by atoms with Gasteiger partial charge in [-0.1, -0.05) is 59.5 Å². The molecule has 2 saturated carbocycles. The molecule has 0 amide bonds. The Balaban J connectivity index is 2.16. The molecule has 0 saturated heterocycles. The molecule has 0 aromatic carbocycles. The number of unbranched alkanes of at least 4 members (excludes halogenated alkanes) is 3. The SMILES string of the molecule is CCCCCCC(C)(C)C1=CC(OP(=O)(OCC)OCC)C([C@@]2(C)C3CCC(=O)C2C3)C(OP(=O)(OCC)OCC)=C1. The molecule has 0 aromatic rings. The molecular weight excluding hydrogens is 578 g/mol. The number of phosphoric acid groups is 2. The van der Waals surface area contributed by atoms with Crippen molar-refractivity contribution < 1.29 is 41.1 Å². The first kappa shape index (κ1) is 35.7. The summed E-state index contributed by atoms with van der Waals surface area (Å²) in [6.07, 6.45) is 10.6. The minimum absolute atomic E-state index is 0.131. The van der Waals surface area contributed by atoms with Gasteiger partial charge in [0.25, 0.3) is 0 Å². The zero-order valence-electron chi connectivity index (χ0n) is 27.0. The van der Waals surface area contributed by atoms with Gasteiger partial charge >= 0.3 is 15.6 Å². The molecule has 2 bridgehead atoms. The van der Waals surface area contributed by atoms with E-state index in [4.69, 9.17) is 27.1 Å². The normalized spacial score (nSPS) is 28.2. The smallest absolute Gasteiger partial charge is 0.408 e. The van der Waals surface area contributed by atoms with Crippen LogP contribution in [0.3, 0.4) is 0 Å². The van der Waals surface area contributed by atoms with Crippen molar-refractivity contribution in [2.75, 3.05) is 26.4 Å². The van der Waals surface area contributed by atoms with Gasteiger partial charge in [0.1, 0.15) is 11.5 Å². The van der Waals surface area contributed by atoms with E-state index >= 15 is 0 Å². The Hall–Kier alpha value is -0.790. The predicted octanol–water partition coefficient (Wildman–Crippen LogP) is 9.19. The quantitative estimate of drug-likeness (QED) is 0.102. The van der Waals surface area contributed by atoms with E-state index < -0.39 is 33.1 Å². The molecule has 3 aliphatic rings. The van der Waals surface area contributed by atoms with Crippen molar-refractivity contribution in [3.8, 4) is 0 Å². The minimum Gasteiger partial charge on any atom is -0.408 e. The van der Waals surface area contributed by atoms with E-state index in [0.29, 0.717) is 12.2 Å². The lowest BCUT2D eigenvalue weighted by Crippen LogP contribution is -2.61. The molecule has 3 rings (SSSR count). The van der Waals surface area contributed by atoms with Gasteiger partial charge < -0.3 is 4.52 Å². The monoisotopic (exact) mass is 632 g/mol. The Morgan fingerprint density at radius 1 is 0.905 bits per heavy atom. The highest BCUT2D eigenvalue weighted by Crippen LogP contribution is 2.68. The molecule has 42 heavy (non-hydrogen) atoms. The largest absolute Gasteiger partial charge is 0.529 e. The average Bonchev–Trinajstić information content (AvgIpc) is 2.90. The first-order chi connectivity index (χ1) is 19.8. The molecule has 11 heteroatoms. The Morgan fingerprint density at radius 2 is 1.50 bits per heavy atom. The number of Topliss-reactive ketones (excluding diaryl/α,β-unsaturated/α-hetero) is 1. The molecular formula is C31H54O9P2. The molecule has 0 aliphatic heterocycles. The van der Waals surface area contributed by atoms with Crippen molar-refractivity contribution in [1.29, 1.82) is 0 Å². The van der Waals surface area contributed by atoms with Gasteiger partial charge in [0, 0.05) is 12.3 Å². The van der Waals surface area contributed by atoms with Crippen LogP contribution in [0.25, 0.3) is 0 Å². The van der Waals surface area contributed by atoms with E-state index in [1.54, 1.807) is 27.7 Å². The molecule has 0 spiro atoms. The molecule has 2 fully saturated rings. The van der Waals surface area contributed by atoms with Gasteiger partial charge in [0.15, 0.2) is 0 Å². The molecule has 0 N–H and O–H groups in total. The topological polar surface area (TPSA) is 107 Å². The Morgan fingerprint density at radius 3 is 2.02 bits per heavy atom. The van der Waals surface area contributed by atoms with Gasteiger partial charge in [-0.3, -0.25) is 27.4 Å². The maximum absolute atomic E-state index is 13.8. The van der Waals surface area contributed by atoms with Crippen LogP contribution in [0.15, 0.2) is 23.5 Å². The second-order valence-corrected chi connectivity index (χ2v) is 15.6. The number of hydrogen-bond donors (Lipinski definition) is 0. The number of rotatable bonds is 19. The van der Waals surface area contributed by atoms with E-state index in [9.17, 15) is 13.9 Å². The molecule has 242 valence electrons. The van der Waals surface area contributed by atoms with Crippen LogP contribution in [0.4, 0.5) is 0 Å². The summed E-state index contributed by atoms with van der Waals surface area (Å²) in [5, 5.41) is 0. The third kappa shape index (κ3) is 7.88. The van der Waals surface area contributed by atoms with Crippen molar-refractivity contribution in [3.05, 3.63) is 23.5 Å². The number of fused-ring (bicyclic) bond motifs is 2. The minimum atomic E-state index is -4.01. The predicted molar refractivity (Wildman–Crippen MR) is 164 cm³/mol. The number of ketones is 1. The zero-order valence-corrected chi connectivity index (χ0v) is 28.8. The highest BCUT2D eigenvalue weighted by molar-refractivity contribution is 7.48. The van der Waals surface area contributed by atoms with Crippen LogP contribution in [-0.2, 0) is 41.1 Å². The summed E-state index contributed by atoms with van der Waals surface area (Å²) in [5.74, 6) is -0.00453. The van der Waals surface area contributed by atoms with Crippen molar-refractivity contribution in [2.45, 2.75) is 113 Å². The van der Waals surface area contributed by atoms with Gasteiger partial charge in [-0.2, -0.15) is 0 Å². The van der Waals surface area contributed by atoms with Gasteiger partial charge in [-0.25, -0.2) is 9.13 Å². The van der Waals surface area contributed by atoms with Crippen LogP contribution in [0.2, 0.25) is 0 Å². The number of hydrogen-bond acceptors (Lipinski definition) is 9. The van der Waals surface area contributed by atoms with Crippen LogP contribution in [-0.4, -0.2) is 38.3 Å². The summed E-state index contributed by atoms with van der Waals surface area (Å²) in [6.45, 7) is 16.1. The highest BCUT2D eigenvalue weighted by Gasteiger charge is 2.64. The highest BCUT2D eigenvalue weighted by atomic mass is 31.2. The summed E-state index contributed by atoms with van der Waals surface area (Å²) in [4.78, 5) is 13.2. The summed E-state index contributed by atoms with van der Waals surface area (Å²) in [5.41, 5.74) is 0.0311. The van der Waals surface area contributed by atoms with E-state index in [1.807, 2.05) is 12.2 Å². The lowest BCUT2D eigenvalue weighted by molar-refractivity contribution is -0.167. The maximum Gasteiger partial charge on any atom is 0.529 e. The standard InChI is InChI=1S/C31H54O9P2/c1-9-14-15-16-19-30(6,7)24-21-27(39-41(33,35-10-2)36-11-3)29(31(8)23-17-18-26(32)25(31)20-23)28(22-24)40-42(34,37-12-4)38-13-5/h21-23,25,27,29H,9-20H2,1-8H3/t23?,25?,27?,29?,31-/m0/s1. The van der Waals surface area contributed by atoms with Crippen molar-refractivity contribution in [2.24, 2.45) is 28.6 Å². The molecule has 0 aromatic heterocycles. The molecule has 9 nitrogen and oxygen atoms in total. The lowest BCUT2D eigenvalue weighted by atomic mass is 9.42. The number of carbonyl (C=O) groups excluding carboxylic acids is 1. The van der Waals surface area contributed by atoms with E-state index in [1.165, 1.54) is 6.42 Å². The van der Waals surface area contributed by atoms with Gasteiger partial charge in [-0.15, -0.1) is 0 Å². The summed E-state index contributed by atoms with van der Waals surface area (Å²) in [7, 11) is -7.99. The molecule has 5 atom stereocenters. The van der Waals surface area contributed by atoms with Crippen LogP contribution in [0, 0.1) is 28.6 Å². The second kappa shape index (κ2) is 15.0. The van der Waals surface area contributed by atoms with E-state index in [0.717, 1.165) is 44.1 Å². The van der Waals surface area contributed by atoms with E-state index in [-0.39, 0.29) is 49.5 Å². The molecule has 0 heterocycles. The Bertz CT molecular complexity index is 1060. The number of phosphoric ester groups is 2. The lowest BCUT2D eigenvalue weighted by Gasteiger charge is -2.62. The number of carbonyl (C=O) groups is 1. The van der Waals surface area contributed by atoms with Crippen molar-refractivity contribution in [3.63, 3.8) is 0 Å². The second-order valence-electron chi connectivity index (χ2n) is 12.4. The fraction of sp³-hybridized carbons (Fsp3) is 0.839. The molecule has 4 unspecified atom stereocenters. The van der Waals surface area contributed by atoms with Crippen molar-refractivity contribution >= 4 is 21.4 Å². The first-order valence-electron chi connectivity index (χ1n) is 16.0. The summed E-state index contributed by atoms with van der Waals surface area (Å²) >= 11 is 0. The molecule has 3 aliphatic carbocycles. The third-order valence-electron chi connectivity index (χ3n) is 9.28. The van der Waals surface area contributed by atoms with Crippen molar-refractivity contribution in [1.82, 2.24) is 0 Å². The van der Waals surface area contributed by atoms with Gasteiger partial charge in [-0.05, 0) is 75.4 Å². The maximum atomic E-state index is 13.8. The number of allylic oxidation sites excluding steroid dienone is 2. The average molecular weight is 633 g/mol. The molecule has 0 radical (unpaired) electrons. The van der Waals surface area contributed by atoms with Gasteiger partial charge in [0.05, 0.1) is 38.4 Å². The Kier molecular flexibility index (Phi) is 12.7. The fourth-order valence-corrected chi connectivity index (χ4v) is 9.55. The Labute approximate surface area is 253 Å². The fourth-order valence-electron chi connectivity index (χ4n) is 7.00. The van der Waals surface area contributed by atoms with Crippen LogP contribution in [0.5, 0.6) is 0 Å². The third-order valence-corrected chi connectivity index (χ3v) is 12.5. The zero-order chi connectivity index (χ0) is 31.2. The van der Waals surface area contributed by atoms with Crippen LogP contribution in [0.1, 0.15) is 107 Å². The van der Waals surface area contributed by atoms with Gasteiger partial charge in [0.2, 0.25) is 0 Å². The van der Waals surface area contributed by atoms with Crippen LogP contribution < -0.4 is 0 Å².